The highest BCUT2D eigenvalue weighted by Gasteiger charge is 1.95. The molecule has 1 aromatic rings. The Labute approximate surface area is 101 Å². The summed E-state index contributed by atoms with van der Waals surface area (Å²) in [5.74, 6) is 0. The lowest BCUT2D eigenvalue weighted by Gasteiger charge is -2.02. The number of hydrogen-bond donors (Lipinski definition) is 0. The minimum atomic E-state index is 1.09. The maximum absolute atomic E-state index is 3.44. The third-order valence-corrected chi connectivity index (χ3v) is 2.80. The Balaban J connectivity index is 2.89. The van der Waals surface area contributed by atoms with Crippen molar-refractivity contribution in [1.29, 1.82) is 0 Å². The largest absolute Gasteiger partial charge is 0.0819 e. The van der Waals surface area contributed by atoms with E-state index in [9.17, 15) is 0 Å². The van der Waals surface area contributed by atoms with Crippen LogP contribution >= 0.6 is 15.9 Å². The quantitative estimate of drug-likeness (QED) is 0.658. The van der Waals surface area contributed by atoms with Crippen LogP contribution in [0.4, 0.5) is 0 Å². The normalized spacial score (nSPS) is 13.1. The molecular formula is C14H17Br. The average molecular weight is 265 g/mol. The highest BCUT2D eigenvalue weighted by molar-refractivity contribution is 9.10. The molecule has 0 radical (unpaired) electrons. The molecule has 0 heterocycles. The first-order valence-corrected chi connectivity index (χ1v) is 6.03. The van der Waals surface area contributed by atoms with Crippen LogP contribution < -0.4 is 0 Å². The summed E-state index contributed by atoms with van der Waals surface area (Å²) < 4.78 is 1.12. The number of allylic oxidation sites excluding steroid dienone is 4. The molecule has 0 saturated heterocycles. The lowest BCUT2D eigenvalue weighted by molar-refractivity contribution is 1.20. The van der Waals surface area contributed by atoms with Gasteiger partial charge in [-0.15, -0.1) is 0 Å². The molecule has 0 aromatic heterocycles. The highest BCUT2D eigenvalue weighted by atomic mass is 79.9. The number of rotatable bonds is 3. The molecule has 0 unspecified atom stereocenters. The third kappa shape index (κ3) is 4.05. The molecule has 15 heavy (non-hydrogen) atoms. The Morgan fingerprint density at radius 2 is 1.80 bits per heavy atom. The van der Waals surface area contributed by atoms with Gasteiger partial charge in [-0.25, -0.2) is 0 Å². The molecule has 0 bridgehead atoms. The lowest BCUT2D eigenvalue weighted by Crippen LogP contribution is -1.80. The van der Waals surface area contributed by atoms with Crippen molar-refractivity contribution in [3.63, 3.8) is 0 Å². The molecule has 0 atom stereocenters. The van der Waals surface area contributed by atoms with E-state index in [1.807, 2.05) is 0 Å². The van der Waals surface area contributed by atoms with Gasteiger partial charge in [-0.3, -0.25) is 0 Å². The van der Waals surface area contributed by atoms with Crippen LogP contribution in [0.1, 0.15) is 32.8 Å². The third-order valence-electron chi connectivity index (χ3n) is 2.27. The average Bonchev–Trinajstić information content (AvgIpc) is 2.18. The van der Waals surface area contributed by atoms with Crippen molar-refractivity contribution in [2.75, 3.05) is 0 Å². The van der Waals surface area contributed by atoms with Crippen molar-refractivity contribution in [1.82, 2.24) is 0 Å². The maximum atomic E-state index is 3.44. The summed E-state index contributed by atoms with van der Waals surface area (Å²) >= 11 is 3.44. The van der Waals surface area contributed by atoms with Gasteiger partial charge in [0.1, 0.15) is 0 Å². The van der Waals surface area contributed by atoms with Gasteiger partial charge in [-0.2, -0.15) is 0 Å². The molecule has 0 saturated carbocycles. The van der Waals surface area contributed by atoms with Gasteiger partial charge < -0.3 is 0 Å². The van der Waals surface area contributed by atoms with E-state index in [0.29, 0.717) is 0 Å². The molecule has 0 fully saturated rings. The fourth-order valence-corrected chi connectivity index (χ4v) is 1.78. The Hall–Kier alpha value is -0.820. The van der Waals surface area contributed by atoms with E-state index in [-0.39, 0.29) is 0 Å². The van der Waals surface area contributed by atoms with E-state index in [2.05, 4.69) is 73.1 Å². The second-order valence-corrected chi connectivity index (χ2v) is 4.61. The van der Waals surface area contributed by atoms with Crippen molar-refractivity contribution in [2.45, 2.75) is 27.2 Å². The van der Waals surface area contributed by atoms with E-state index in [0.717, 1.165) is 10.9 Å². The summed E-state index contributed by atoms with van der Waals surface area (Å²) in [6.45, 7) is 6.45. The highest BCUT2D eigenvalue weighted by Crippen LogP contribution is 2.18. The molecule has 1 heteroatoms. The second-order valence-electron chi connectivity index (χ2n) is 3.69. The van der Waals surface area contributed by atoms with Crippen molar-refractivity contribution in [3.8, 4) is 0 Å². The fraction of sp³-hybridized carbons (Fsp3) is 0.286. The fourth-order valence-electron chi connectivity index (χ4n) is 1.52. The van der Waals surface area contributed by atoms with Crippen LogP contribution in [0.5, 0.6) is 0 Å². The van der Waals surface area contributed by atoms with Crippen LogP contribution in [0.2, 0.25) is 0 Å². The van der Waals surface area contributed by atoms with E-state index in [1.165, 1.54) is 16.7 Å². The summed E-state index contributed by atoms with van der Waals surface area (Å²) in [5, 5.41) is 0. The smallest absolute Gasteiger partial charge is 0.0175 e. The van der Waals surface area contributed by atoms with Gasteiger partial charge in [-0.1, -0.05) is 52.7 Å². The van der Waals surface area contributed by atoms with Crippen LogP contribution in [0.15, 0.2) is 46.5 Å². The van der Waals surface area contributed by atoms with Gasteiger partial charge in [0.05, 0.1) is 0 Å². The van der Waals surface area contributed by atoms with Crippen LogP contribution in [0.25, 0.3) is 5.57 Å². The predicted molar refractivity (Wildman–Crippen MR) is 71.8 cm³/mol. The lowest BCUT2D eigenvalue weighted by atomic mass is 10.0. The second kappa shape index (κ2) is 5.92. The van der Waals surface area contributed by atoms with Gasteiger partial charge in [0.2, 0.25) is 0 Å². The van der Waals surface area contributed by atoms with Crippen LogP contribution in [-0.4, -0.2) is 0 Å². The predicted octanol–water partition coefficient (Wildman–Crippen LogP) is 5.21. The van der Waals surface area contributed by atoms with E-state index < -0.39 is 0 Å². The van der Waals surface area contributed by atoms with E-state index >= 15 is 0 Å². The number of benzene rings is 1. The minimum absolute atomic E-state index is 1.09. The Bertz CT molecular complexity index is 369. The molecule has 0 amide bonds. The molecule has 0 N–H and O–H groups in total. The molecule has 0 nitrogen and oxygen atoms in total. The number of halogens is 1. The zero-order chi connectivity index (χ0) is 11.3. The van der Waals surface area contributed by atoms with Crippen LogP contribution in [0, 0.1) is 0 Å². The van der Waals surface area contributed by atoms with Crippen LogP contribution in [0.3, 0.4) is 0 Å². The molecule has 1 aromatic carbocycles. The molecule has 0 aliphatic heterocycles. The van der Waals surface area contributed by atoms with Gasteiger partial charge in [-0.05, 0) is 43.5 Å². The summed E-state index contributed by atoms with van der Waals surface area (Å²) in [6.07, 6.45) is 5.56. The van der Waals surface area contributed by atoms with Crippen LogP contribution in [-0.2, 0) is 0 Å². The summed E-state index contributed by atoms with van der Waals surface area (Å²) in [5.41, 5.74) is 3.92. The van der Waals surface area contributed by atoms with Gasteiger partial charge in [0.15, 0.2) is 0 Å². The Morgan fingerprint density at radius 1 is 1.20 bits per heavy atom. The van der Waals surface area contributed by atoms with Gasteiger partial charge >= 0.3 is 0 Å². The summed E-state index contributed by atoms with van der Waals surface area (Å²) in [4.78, 5) is 0. The SMILES string of the molecule is CC/C=C(C)\C=C(/C)c1ccc(Br)cc1. The minimum Gasteiger partial charge on any atom is -0.0819 e. The first-order valence-electron chi connectivity index (χ1n) is 5.24. The molecule has 0 spiro atoms. The van der Waals surface area contributed by atoms with Crippen molar-refractivity contribution in [2.24, 2.45) is 0 Å². The maximum Gasteiger partial charge on any atom is 0.0175 e. The zero-order valence-corrected chi connectivity index (χ0v) is 11.1. The standard InChI is InChI=1S/C14H17Br/c1-4-5-11(2)10-12(3)13-6-8-14(15)9-7-13/h5-10H,4H2,1-3H3/b11-5-,12-10+. The molecule has 0 aliphatic carbocycles. The first-order chi connectivity index (χ1) is 7.13. The van der Waals surface area contributed by atoms with Crippen molar-refractivity contribution in [3.05, 3.63) is 52.0 Å². The van der Waals surface area contributed by atoms with Gasteiger partial charge in [0, 0.05) is 4.47 Å². The Kier molecular flexibility index (Phi) is 4.83. The summed E-state index contributed by atoms with van der Waals surface area (Å²) in [7, 11) is 0. The summed E-state index contributed by atoms with van der Waals surface area (Å²) in [6, 6.07) is 8.42. The Morgan fingerprint density at radius 3 is 2.33 bits per heavy atom. The van der Waals surface area contributed by atoms with E-state index in [4.69, 9.17) is 0 Å². The van der Waals surface area contributed by atoms with Gasteiger partial charge in [0.25, 0.3) is 0 Å². The van der Waals surface area contributed by atoms with Crippen molar-refractivity contribution >= 4 is 21.5 Å². The molecule has 0 aliphatic rings. The molecule has 1 rings (SSSR count). The monoisotopic (exact) mass is 264 g/mol. The number of hydrogen-bond acceptors (Lipinski definition) is 0. The molecular weight excluding hydrogens is 248 g/mol. The molecule has 80 valence electrons. The van der Waals surface area contributed by atoms with E-state index in [1.54, 1.807) is 0 Å². The van der Waals surface area contributed by atoms with Crippen molar-refractivity contribution < 1.29 is 0 Å². The first kappa shape index (κ1) is 12.3. The topological polar surface area (TPSA) is 0 Å². The zero-order valence-electron chi connectivity index (χ0n) is 9.55.